The van der Waals surface area contributed by atoms with Crippen LogP contribution in [0.1, 0.15) is 25.8 Å². The van der Waals surface area contributed by atoms with Crippen molar-refractivity contribution < 1.29 is 23.5 Å². The van der Waals surface area contributed by atoms with E-state index in [1.807, 2.05) is 32.6 Å². The number of esters is 1. The lowest BCUT2D eigenvalue weighted by Gasteiger charge is -2.39. The summed E-state index contributed by atoms with van der Waals surface area (Å²) in [5.74, 6) is -1.14. The summed E-state index contributed by atoms with van der Waals surface area (Å²) in [7, 11) is -0.793. The number of rotatable bonds is 10. The van der Waals surface area contributed by atoms with Gasteiger partial charge in [0.2, 0.25) is 0 Å². The lowest BCUT2D eigenvalue weighted by Crippen LogP contribution is -2.58. The van der Waals surface area contributed by atoms with Crippen LogP contribution in [0.2, 0.25) is 19.6 Å². The van der Waals surface area contributed by atoms with Gasteiger partial charge in [0.15, 0.2) is 8.32 Å². The van der Waals surface area contributed by atoms with Gasteiger partial charge in [-0.1, -0.05) is 37.3 Å². The molecule has 0 radical (unpaired) electrons. The number of ether oxygens (including phenoxy) is 2. The molecule has 0 fully saturated rings. The predicted octanol–water partition coefficient (Wildman–Crippen LogP) is 3.14. The van der Waals surface area contributed by atoms with E-state index in [2.05, 4.69) is 0 Å². The summed E-state index contributed by atoms with van der Waals surface area (Å²) in [6, 6.07) is 8.85. The minimum Gasteiger partial charge on any atom is -0.463 e. The molecule has 0 aliphatic carbocycles. The number of carbonyl (C=O) groups is 2. The molecule has 0 saturated heterocycles. The van der Waals surface area contributed by atoms with Crippen molar-refractivity contribution in [2.75, 3.05) is 27.0 Å². The summed E-state index contributed by atoms with van der Waals surface area (Å²) >= 11 is 0. The largest absolute Gasteiger partial charge is 0.463 e. The molecule has 146 valence electrons. The molecule has 6 nitrogen and oxygen atoms in total. The summed E-state index contributed by atoms with van der Waals surface area (Å²) in [6.07, 6.45) is 0.732. The first-order valence-corrected chi connectivity index (χ1v) is 12.3. The molecule has 1 amide bonds. The highest BCUT2D eigenvalue weighted by atomic mass is 28.4. The van der Waals surface area contributed by atoms with Crippen molar-refractivity contribution in [3.05, 3.63) is 35.9 Å². The summed E-state index contributed by atoms with van der Waals surface area (Å²) in [6.45, 7) is 10.2. The van der Waals surface area contributed by atoms with Crippen LogP contribution in [0.4, 0.5) is 0 Å². The van der Waals surface area contributed by atoms with Gasteiger partial charge < -0.3 is 18.8 Å². The van der Waals surface area contributed by atoms with Crippen LogP contribution < -0.4 is 0 Å². The molecule has 1 atom stereocenters. The fourth-order valence-corrected chi connectivity index (χ4v) is 3.92. The number of hydrogen-bond donors (Lipinski definition) is 0. The molecule has 0 aliphatic rings. The summed E-state index contributed by atoms with van der Waals surface area (Å²) in [5, 5.41) is 0. The first-order valence-electron chi connectivity index (χ1n) is 8.94. The van der Waals surface area contributed by atoms with Crippen LogP contribution in [0.3, 0.4) is 0 Å². The predicted molar refractivity (Wildman–Crippen MR) is 103 cm³/mol. The van der Waals surface area contributed by atoms with Gasteiger partial charge in [-0.05, 0) is 33.0 Å². The second-order valence-corrected chi connectivity index (χ2v) is 11.4. The van der Waals surface area contributed by atoms with Crippen LogP contribution in [0.5, 0.6) is 0 Å². The van der Waals surface area contributed by atoms with Crippen molar-refractivity contribution in [2.24, 2.45) is 0 Å². The SMILES string of the molecule is CCCN(COC)C(=O)C(O[Si](C)(C)C)(C(=O)OCC)c1ccccc1. The van der Waals surface area contributed by atoms with Crippen molar-refractivity contribution >= 4 is 20.2 Å². The van der Waals surface area contributed by atoms with E-state index < -0.39 is 25.8 Å². The van der Waals surface area contributed by atoms with E-state index >= 15 is 0 Å². The molecule has 0 aliphatic heterocycles. The highest BCUT2D eigenvalue weighted by Gasteiger charge is 2.54. The van der Waals surface area contributed by atoms with Crippen molar-refractivity contribution in [3.8, 4) is 0 Å². The molecule has 0 spiro atoms. The number of hydrogen-bond acceptors (Lipinski definition) is 5. The quantitative estimate of drug-likeness (QED) is 0.270. The number of amides is 1. The van der Waals surface area contributed by atoms with E-state index in [1.54, 1.807) is 31.2 Å². The van der Waals surface area contributed by atoms with Crippen molar-refractivity contribution in [1.82, 2.24) is 4.90 Å². The number of benzene rings is 1. The van der Waals surface area contributed by atoms with Gasteiger partial charge >= 0.3 is 5.97 Å². The molecule has 26 heavy (non-hydrogen) atoms. The Balaban J connectivity index is 3.59. The number of carbonyl (C=O) groups excluding carboxylic acids is 2. The smallest absolute Gasteiger partial charge is 0.352 e. The topological polar surface area (TPSA) is 65.1 Å². The first kappa shape index (κ1) is 22.3. The number of nitrogens with zero attached hydrogens (tertiary/aromatic N) is 1. The Kier molecular flexibility index (Phi) is 8.46. The Bertz CT molecular complexity index is 581. The van der Waals surface area contributed by atoms with E-state index in [0.29, 0.717) is 12.1 Å². The Hall–Kier alpha value is -1.70. The molecule has 0 heterocycles. The van der Waals surface area contributed by atoms with E-state index in [1.165, 1.54) is 12.0 Å². The van der Waals surface area contributed by atoms with Crippen LogP contribution in [0, 0.1) is 0 Å². The fraction of sp³-hybridized carbons (Fsp3) is 0.579. The van der Waals surface area contributed by atoms with Gasteiger partial charge in [0.05, 0.1) is 6.61 Å². The second-order valence-electron chi connectivity index (χ2n) is 6.97. The zero-order chi connectivity index (χ0) is 19.8. The third-order valence-electron chi connectivity index (χ3n) is 3.57. The van der Waals surface area contributed by atoms with Gasteiger partial charge in [0, 0.05) is 19.2 Å². The van der Waals surface area contributed by atoms with Crippen LogP contribution in [0.25, 0.3) is 0 Å². The van der Waals surface area contributed by atoms with Crippen molar-refractivity contribution in [2.45, 2.75) is 45.5 Å². The standard InChI is InChI=1S/C19H31NO5Si/c1-7-14-20(15-23-3)17(21)19(18(22)24-8-2,25-26(4,5)6)16-12-10-9-11-13-16/h9-13H,7-8,14-15H2,1-6H3. The molecule has 0 N–H and O–H groups in total. The Morgan fingerprint density at radius 1 is 1.12 bits per heavy atom. The van der Waals surface area contributed by atoms with Gasteiger partial charge in [-0.15, -0.1) is 0 Å². The Labute approximate surface area is 157 Å². The maximum absolute atomic E-state index is 13.6. The van der Waals surface area contributed by atoms with Crippen LogP contribution in [0.15, 0.2) is 30.3 Å². The molecule has 1 rings (SSSR count). The van der Waals surface area contributed by atoms with Gasteiger partial charge in [0.1, 0.15) is 6.73 Å². The Morgan fingerprint density at radius 3 is 2.19 bits per heavy atom. The van der Waals surface area contributed by atoms with Crippen molar-refractivity contribution in [3.63, 3.8) is 0 Å². The average molecular weight is 382 g/mol. The molecule has 0 saturated carbocycles. The first-order chi connectivity index (χ1) is 12.2. The summed E-state index contributed by atoms with van der Waals surface area (Å²) in [5.41, 5.74) is -1.35. The van der Waals surface area contributed by atoms with Crippen LogP contribution >= 0.6 is 0 Å². The third kappa shape index (κ3) is 5.39. The van der Waals surface area contributed by atoms with Gasteiger partial charge in [-0.2, -0.15) is 0 Å². The van der Waals surface area contributed by atoms with E-state index in [0.717, 1.165) is 6.42 Å². The molecule has 1 unspecified atom stereocenters. The fourth-order valence-electron chi connectivity index (χ4n) is 2.71. The maximum Gasteiger partial charge on any atom is 0.352 e. The molecule has 0 aromatic heterocycles. The zero-order valence-electron chi connectivity index (χ0n) is 16.7. The van der Waals surface area contributed by atoms with Gasteiger partial charge in [0.25, 0.3) is 11.5 Å². The van der Waals surface area contributed by atoms with Crippen LogP contribution in [-0.4, -0.2) is 52.1 Å². The monoisotopic (exact) mass is 381 g/mol. The summed E-state index contributed by atoms with van der Waals surface area (Å²) in [4.78, 5) is 28.2. The maximum atomic E-state index is 13.6. The van der Waals surface area contributed by atoms with Crippen molar-refractivity contribution in [1.29, 1.82) is 0 Å². The minimum absolute atomic E-state index is 0.0791. The molecular weight excluding hydrogens is 350 g/mol. The zero-order valence-corrected chi connectivity index (χ0v) is 17.7. The van der Waals surface area contributed by atoms with E-state index in [-0.39, 0.29) is 13.3 Å². The van der Waals surface area contributed by atoms with E-state index in [4.69, 9.17) is 13.9 Å². The normalized spacial score (nSPS) is 13.8. The number of methoxy groups -OCH3 is 1. The molecule has 1 aromatic rings. The average Bonchev–Trinajstić information content (AvgIpc) is 2.59. The minimum atomic E-state index is -2.31. The second kappa shape index (κ2) is 9.85. The lowest BCUT2D eigenvalue weighted by molar-refractivity contribution is -0.177. The van der Waals surface area contributed by atoms with Gasteiger partial charge in [-0.3, -0.25) is 4.79 Å². The van der Waals surface area contributed by atoms with Crippen LogP contribution in [-0.2, 0) is 29.1 Å². The highest BCUT2D eigenvalue weighted by Crippen LogP contribution is 2.34. The summed E-state index contributed by atoms with van der Waals surface area (Å²) < 4.78 is 16.8. The molecular formula is C19H31NO5Si. The van der Waals surface area contributed by atoms with Gasteiger partial charge in [-0.25, -0.2) is 4.79 Å². The van der Waals surface area contributed by atoms with E-state index in [9.17, 15) is 9.59 Å². The molecule has 1 aromatic carbocycles. The third-order valence-corrected chi connectivity index (χ3v) is 4.49. The molecule has 7 heteroatoms. The lowest BCUT2D eigenvalue weighted by atomic mass is 9.92. The Morgan fingerprint density at radius 2 is 1.73 bits per heavy atom. The molecule has 0 bridgehead atoms. The highest BCUT2D eigenvalue weighted by molar-refractivity contribution is 6.70.